The lowest BCUT2D eigenvalue weighted by atomic mass is 9.72. The van der Waals surface area contributed by atoms with Gasteiger partial charge in [-0.2, -0.15) is 4.39 Å². The molecule has 0 unspecified atom stereocenters. The number of nitrogens with two attached hydrogens (primary N) is 1. The van der Waals surface area contributed by atoms with Crippen LogP contribution in [-0.2, 0) is 5.54 Å². The van der Waals surface area contributed by atoms with E-state index in [1.165, 1.54) is 0 Å². The number of benzene rings is 1. The molecule has 0 saturated heterocycles. The van der Waals surface area contributed by atoms with Crippen LogP contribution in [0.25, 0.3) is 0 Å². The van der Waals surface area contributed by atoms with Gasteiger partial charge in [-0.25, -0.2) is 8.78 Å². The molecule has 0 aromatic heterocycles. The first-order valence-corrected chi connectivity index (χ1v) is 4.61. The minimum atomic E-state index is -1.67. The van der Waals surface area contributed by atoms with Crippen LogP contribution in [0, 0.1) is 17.5 Å². The molecule has 15 heavy (non-hydrogen) atoms. The fourth-order valence-corrected chi connectivity index (χ4v) is 1.79. The average molecular weight is 217 g/mol. The summed E-state index contributed by atoms with van der Waals surface area (Å²) in [6, 6.07) is 0.771. The predicted molar refractivity (Wildman–Crippen MR) is 47.7 cm³/mol. The second kappa shape index (κ2) is 3.13. The zero-order valence-electron chi connectivity index (χ0n) is 7.86. The van der Waals surface area contributed by atoms with Gasteiger partial charge in [0.15, 0.2) is 17.4 Å². The third-order valence-electron chi connectivity index (χ3n) is 2.92. The summed E-state index contributed by atoms with van der Waals surface area (Å²) < 4.78 is 38.7. The number of halogens is 3. The second-order valence-electron chi connectivity index (χ2n) is 3.89. The summed E-state index contributed by atoms with van der Waals surface area (Å²) in [6.45, 7) is 0. The Kier molecular flexibility index (Phi) is 2.15. The number of aromatic hydroxyl groups is 1. The molecule has 0 amide bonds. The van der Waals surface area contributed by atoms with E-state index in [-0.39, 0.29) is 5.56 Å². The Hall–Kier alpha value is -1.23. The van der Waals surface area contributed by atoms with Crippen LogP contribution in [0.15, 0.2) is 6.07 Å². The number of hydrogen-bond donors (Lipinski definition) is 2. The molecule has 2 nitrogen and oxygen atoms in total. The lowest BCUT2D eigenvalue weighted by Crippen LogP contribution is -2.43. The summed E-state index contributed by atoms with van der Waals surface area (Å²) in [5, 5.41) is 9.34. The fourth-order valence-electron chi connectivity index (χ4n) is 1.79. The van der Waals surface area contributed by atoms with Crippen LogP contribution in [-0.4, -0.2) is 5.11 Å². The van der Waals surface area contributed by atoms with Crippen LogP contribution in [0.2, 0.25) is 0 Å². The van der Waals surface area contributed by atoms with Crippen LogP contribution in [0.5, 0.6) is 5.75 Å². The van der Waals surface area contributed by atoms with Crippen molar-refractivity contribution in [2.45, 2.75) is 24.8 Å². The zero-order chi connectivity index (χ0) is 11.2. The van der Waals surface area contributed by atoms with Gasteiger partial charge in [0.1, 0.15) is 0 Å². The minimum absolute atomic E-state index is 0.0508. The second-order valence-corrected chi connectivity index (χ2v) is 3.89. The minimum Gasteiger partial charge on any atom is -0.505 e. The van der Waals surface area contributed by atoms with E-state index in [1.54, 1.807) is 0 Å². The number of phenolic OH excluding ortho intramolecular Hbond substituents is 1. The third kappa shape index (κ3) is 1.38. The highest BCUT2D eigenvalue weighted by atomic mass is 19.2. The molecule has 1 aromatic carbocycles. The van der Waals surface area contributed by atoms with Crippen molar-refractivity contribution in [3.63, 3.8) is 0 Å². The van der Waals surface area contributed by atoms with Gasteiger partial charge in [0.05, 0.1) is 0 Å². The molecule has 82 valence electrons. The van der Waals surface area contributed by atoms with Crippen molar-refractivity contribution in [1.82, 2.24) is 0 Å². The Morgan fingerprint density at radius 2 is 1.80 bits per heavy atom. The molecular weight excluding hydrogens is 207 g/mol. The van der Waals surface area contributed by atoms with Crippen molar-refractivity contribution in [3.05, 3.63) is 29.1 Å². The average Bonchev–Trinajstić information content (AvgIpc) is 2.17. The molecule has 0 radical (unpaired) electrons. The van der Waals surface area contributed by atoms with Crippen molar-refractivity contribution >= 4 is 0 Å². The van der Waals surface area contributed by atoms with Gasteiger partial charge in [0.2, 0.25) is 5.82 Å². The van der Waals surface area contributed by atoms with E-state index in [2.05, 4.69) is 0 Å². The maximum atomic E-state index is 13.0. The molecule has 0 spiro atoms. The quantitative estimate of drug-likeness (QED) is 0.708. The SMILES string of the molecule is NC1(c2cc(F)c(F)c(F)c2O)CCC1. The molecule has 5 heteroatoms. The zero-order valence-corrected chi connectivity index (χ0v) is 7.86. The van der Waals surface area contributed by atoms with Crippen molar-refractivity contribution < 1.29 is 18.3 Å². The van der Waals surface area contributed by atoms with Gasteiger partial charge in [-0.15, -0.1) is 0 Å². The Bertz CT molecular complexity index is 416. The van der Waals surface area contributed by atoms with Crippen molar-refractivity contribution in [1.29, 1.82) is 0 Å². The molecule has 1 saturated carbocycles. The third-order valence-corrected chi connectivity index (χ3v) is 2.92. The van der Waals surface area contributed by atoms with Gasteiger partial charge in [0, 0.05) is 11.1 Å². The lowest BCUT2D eigenvalue weighted by molar-refractivity contribution is 0.239. The maximum Gasteiger partial charge on any atom is 0.203 e. The highest BCUT2D eigenvalue weighted by molar-refractivity contribution is 5.41. The summed E-state index contributed by atoms with van der Waals surface area (Å²) in [4.78, 5) is 0. The molecule has 1 aromatic rings. The van der Waals surface area contributed by atoms with Gasteiger partial charge in [-0.3, -0.25) is 0 Å². The highest BCUT2D eigenvalue weighted by Crippen LogP contribution is 2.43. The molecule has 0 bridgehead atoms. The molecule has 3 N–H and O–H groups in total. The Morgan fingerprint density at radius 1 is 1.20 bits per heavy atom. The first kappa shape index (κ1) is 10.3. The van der Waals surface area contributed by atoms with E-state index in [0.29, 0.717) is 12.8 Å². The standard InChI is InChI=1S/C10H10F3NO/c11-6-4-5(10(14)2-1-3-10)9(15)8(13)7(6)12/h4,15H,1-3,14H2. The van der Waals surface area contributed by atoms with Gasteiger partial charge in [-0.1, -0.05) is 0 Å². The topological polar surface area (TPSA) is 46.2 Å². The van der Waals surface area contributed by atoms with Crippen LogP contribution in [0.1, 0.15) is 24.8 Å². The van der Waals surface area contributed by atoms with E-state index in [4.69, 9.17) is 5.73 Å². The van der Waals surface area contributed by atoms with Gasteiger partial charge >= 0.3 is 0 Å². The maximum absolute atomic E-state index is 13.0. The van der Waals surface area contributed by atoms with Crippen LogP contribution < -0.4 is 5.73 Å². The molecule has 0 heterocycles. The van der Waals surface area contributed by atoms with Gasteiger partial charge in [0.25, 0.3) is 0 Å². The smallest absolute Gasteiger partial charge is 0.203 e. The lowest BCUT2D eigenvalue weighted by Gasteiger charge is -2.38. The van der Waals surface area contributed by atoms with Crippen molar-refractivity contribution in [3.8, 4) is 5.75 Å². The Morgan fingerprint density at radius 3 is 2.27 bits per heavy atom. The number of rotatable bonds is 1. The Labute approximate surface area is 84.5 Å². The summed E-state index contributed by atoms with van der Waals surface area (Å²) in [5.74, 6) is -5.44. The predicted octanol–water partition coefficient (Wildman–Crippen LogP) is 2.15. The molecular formula is C10H10F3NO. The van der Waals surface area contributed by atoms with Crippen LogP contribution in [0.3, 0.4) is 0 Å². The molecule has 1 aliphatic carbocycles. The first-order valence-electron chi connectivity index (χ1n) is 4.61. The molecule has 0 aliphatic heterocycles. The highest BCUT2D eigenvalue weighted by Gasteiger charge is 2.38. The van der Waals surface area contributed by atoms with E-state index < -0.39 is 28.7 Å². The summed E-state index contributed by atoms with van der Waals surface area (Å²) >= 11 is 0. The monoisotopic (exact) mass is 217 g/mol. The molecule has 2 rings (SSSR count). The summed E-state index contributed by atoms with van der Waals surface area (Å²) in [6.07, 6.45) is 1.90. The largest absolute Gasteiger partial charge is 0.505 e. The van der Waals surface area contributed by atoms with Gasteiger partial charge < -0.3 is 10.8 Å². The normalized spacial score (nSPS) is 18.7. The van der Waals surface area contributed by atoms with Crippen LogP contribution in [0.4, 0.5) is 13.2 Å². The van der Waals surface area contributed by atoms with E-state index >= 15 is 0 Å². The van der Waals surface area contributed by atoms with E-state index in [9.17, 15) is 18.3 Å². The molecule has 0 atom stereocenters. The fraction of sp³-hybridized carbons (Fsp3) is 0.400. The van der Waals surface area contributed by atoms with Gasteiger partial charge in [-0.05, 0) is 25.3 Å². The Balaban J connectivity index is 2.58. The molecule has 1 fully saturated rings. The summed E-state index contributed by atoms with van der Waals surface area (Å²) in [5.41, 5.74) is 4.83. The van der Waals surface area contributed by atoms with E-state index in [0.717, 1.165) is 12.5 Å². The number of phenols is 1. The molecule has 1 aliphatic rings. The van der Waals surface area contributed by atoms with E-state index in [1.807, 2.05) is 0 Å². The van der Waals surface area contributed by atoms with Crippen molar-refractivity contribution in [2.75, 3.05) is 0 Å². The van der Waals surface area contributed by atoms with Crippen molar-refractivity contribution in [2.24, 2.45) is 5.73 Å². The van der Waals surface area contributed by atoms with Crippen LogP contribution >= 0.6 is 0 Å². The number of hydrogen-bond acceptors (Lipinski definition) is 2. The first-order chi connectivity index (χ1) is 6.96. The summed E-state index contributed by atoms with van der Waals surface area (Å²) in [7, 11) is 0.